The molecule has 1 aliphatic carbocycles. The van der Waals surface area contributed by atoms with Crippen molar-refractivity contribution in [2.75, 3.05) is 5.73 Å². The number of rotatable bonds is 2. The number of fused-ring (bicyclic) bond motifs is 1. The summed E-state index contributed by atoms with van der Waals surface area (Å²) in [5.74, 6) is 0.563. The molecule has 0 atom stereocenters. The highest BCUT2D eigenvalue weighted by Crippen LogP contribution is 2.39. The number of nitrogens with one attached hydrogen (secondary N) is 1. The van der Waals surface area contributed by atoms with Crippen LogP contribution >= 0.6 is 0 Å². The lowest BCUT2D eigenvalue weighted by Gasteiger charge is -1.99. The highest BCUT2D eigenvalue weighted by Gasteiger charge is 2.30. The third-order valence-corrected chi connectivity index (χ3v) is 3.39. The molecule has 1 aliphatic rings. The summed E-state index contributed by atoms with van der Waals surface area (Å²) in [4.78, 5) is 0. The fourth-order valence-electron chi connectivity index (χ4n) is 2.31. The number of nitrogen functional groups attached to an aromatic ring is 1. The van der Waals surface area contributed by atoms with Gasteiger partial charge < -0.3 is 5.73 Å². The SMILES string of the molecule is Cn1nccc1-c1nn(C2CC2)c2n[nH]c(N)c12. The number of hydrogen-bond donors (Lipinski definition) is 2. The highest BCUT2D eigenvalue weighted by atomic mass is 15.4. The summed E-state index contributed by atoms with van der Waals surface area (Å²) in [7, 11) is 1.90. The first-order chi connectivity index (χ1) is 8.75. The van der Waals surface area contributed by atoms with Crippen molar-refractivity contribution >= 4 is 16.9 Å². The van der Waals surface area contributed by atoms with E-state index in [1.807, 2.05) is 17.8 Å². The summed E-state index contributed by atoms with van der Waals surface area (Å²) in [5, 5.41) is 16.8. The van der Waals surface area contributed by atoms with Crippen LogP contribution in [-0.2, 0) is 7.05 Å². The summed E-state index contributed by atoms with van der Waals surface area (Å²) in [6.07, 6.45) is 4.08. The Hall–Kier alpha value is -2.31. The molecule has 0 aliphatic heterocycles. The van der Waals surface area contributed by atoms with Gasteiger partial charge in [-0.25, -0.2) is 4.68 Å². The molecule has 4 rings (SSSR count). The summed E-state index contributed by atoms with van der Waals surface area (Å²) < 4.78 is 3.77. The fraction of sp³-hybridized carbons (Fsp3) is 0.364. The molecule has 0 bridgehead atoms. The van der Waals surface area contributed by atoms with Gasteiger partial charge >= 0.3 is 0 Å². The first-order valence-corrected chi connectivity index (χ1v) is 5.96. The van der Waals surface area contributed by atoms with Crippen molar-refractivity contribution < 1.29 is 0 Å². The van der Waals surface area contributed by atoms with Crippen molar-refractivity contribution in [1.82, 2.24) is 29.8 Å². The fourth-order valence-corrected chi connectivity index (χ4v) is 2.31. The van der Waals surface area contributed by atoms with Crippen molar-refractivity contribution in [1.29, 1.82) is 0 Å². The van der Waals surface area contributed by atoms with E-state index in [9.17, 15) is 0 Å². The Morgan fingerprint density at radius 1 is 1.44 bits per heavy atom. The monoisotopic (exact) mass is 243 g/mol. The minimum Gasteiger partial charge on any atom is -0.383 e. The second kappa shape index (κ2) is 3.12. The maximum Gasteiger partial charge on any atom is 0.182 e. The zero-order chi connectivity index (χ0) is 12.3. The number of anilines is 1. The van der Waals surface area contributed by atoms with E-state index in [-0.39, 0.29) is 0 Å². The van der Waals surface area contributed by atoms with E-state index < -0.39 is 0 Å². The lowest BCUT2D eigenvalue weighted by Crippen LogP contribution is -1.99. The molecule has 3 aromatic heterocycles. The van der Waals surface area contributed by atoms with Crippen LogP contribution < -0.4 is 5.73 Å². The van der Waals surface area contributed by atoms with Crippen LogP contribution in [0.2, 0.25) is 0 Å². The van der Waals surface area contributed by atoms with Crippen molar-refractivity contribution in [3.63, 3.8) is 0 Å². The number of aryl methyl sites for hydroxylation is 1. The normalized spacial score (nSPS) is 15.6. The molecule has 7 nitrogen and oxygen atoms in total. The van der Waals surface area contributed by atoms with Gasteiger partial charge in [-0.1, -0.05) is 0 Å². The topological polar surface area (TPSA) is 90.3 Å². The van der Waals surface area contributed by atoms with E-state index in [1.165, 1.54) is 0 Å². The molecule has 3 aromatic rings. The van der Waals surface area contributed by atoms with E-state index in [0.29, 0.717) is 11.9 Å². The molecule has 7 heteroatoms. The third kappa shape index (κ3) is 1.15. The Kier molecular flexibility index (Phi) is 1.68. The summed E-state index contributed by atoms with van der Waals surface area (Å²) >= 11 is 0. The maximum atomic E-state index is 5.97. The molecule has 1 saturated carbocycles. The van der Waals surface area contributed by atoms with Crippen LogP contribution in [0.25, 0.3) is 22.4 Å². The maximum absolute atomic E-state index is 5.97. The van der Waals surface area contributed by atoms with Crippen LogP contribution in [0.5, 0.6) is 0 Å². The van der Waals surface area contributed by atoms with E-state index in [2.05, 4.69) is 20.4 Å². The van der Waals surface area contributed by atoms with Gasteiger partial charge in [-0.05, 0) is 18.9 Å². The van der Waals surface area contributed by atoms with E-state index in [0.717, 1.165) is 35.3 Å². The quantitative estimate of drug-likeness (QED) is 0.704. The number of aromatic amines is 1. The smallest absolute Gasteiger partial charge is 0.182 e. The lowest BCUT2D eigenvalue weighted by molar-refractivity contribution is 0.655. The zero-order valence-electron chi connectivity index (χ0n) is 9.96. The standard InChI is InChI=1S/C11H13N7/c1-17-7(4-5-13-17)9-8-10(12)14-15-11(8)18(16-9)6-2-3-6/h4-6H,2-3H2,1H3,(H3,12,14,15). The first kappa shape index (κ1) is 9.69. The number of aromatic nitrogens is 6. The van der Waals surface area contributed by atoms with Gasteiger partial charge in [-0.2, -0.15) is 15.3 Å². The van der Waals surface area contributed by atoms with Gasteiger partial charge in [0.05, 0.1) is 17.1 Å². The average molecular weight is 243 g/mol. The van der Waals surface area contributed by atoms with Gasteiger partial charge in [-0.3, -0.25) is 9.78 Å². The van der Waals surface area contributed by atoms with Crippen LogP contribution in [0.3, 0.4) is 0 Å². The Balaban J connectivity index is 2.05. The molecule has 0 spiro atoms. The molecule has 3 heterocycles. The Bertz CT molecular complexity index is 728. The van der Waals surface area contributed by atoms with Crippen LogP contribution in [0.1, 0.15) is 18.9 Å². The van der Waals surface area contributed by atoms with Crippen LogP contribution in [0.4, 0.5) is 5.82 Å². The molecule has 0 aromatic carbocycles. The molecule has 0 radical (unpaired) electrons. The van der Waals surface area contributed by atoms with Crippen molar-refractivity contribution in [2.45, 2.75) is 18.9 Å². The average Bonchev–Trinajstić information content (AvgIpc) is 2.82. The lowest BCUT2D eigenvalue weighted by atomic mass is 10.2. The number of H-pyrrole nitrogens is 1. The van der Waals surface area contributed by atoms with E-state index >= 15 is 0 Å². The van der Waals surface area contributed by atoms with Gasteiger partial charge in [-0.15, -0.1) is 0 Å². The van der Waals surface area contributed by atoms with Gasteiger partial charge in [0.2, 0.25) is 0 Å². The molecule has 3 N–H and O–H groups in total. The van der Waals surface area contributed by atoms with Crippen molar-refractivity contribution in [2.24, 2.45) is 7.05 Å². The molecular formula is C11H13N7. The van der Waals surface area contributed by atoms with Gasteiger partial charge in [0.25, 0.3) is 0 Å². The largest absolute Gasteiger partial charge is 0.383 e. The van der Waals surface area contributed by atoms with E-state index in [1.54, 1.807) is 10.9 Å². The summed E-state index contributed by atoms with van der Waals surface area (Å²) in [6, 6.07) is 2.41. The number of nitrogens with two attached hydrogens (primary N) is 1. The van der Waals surface area contributed by atoms with Crippen LogP contribution in [-0.4, -0.2) is 29.8 Å². The summed E-state index contributed by atoms with van der Waals surface area (Å²) in [6.45, 7) is 0. The zero-order valence-corrected chi connectivity index (χ0v) is 9.96. The first-order valence-electron chi connectivity index (χ1n) is 5.96. The molecule has 0 saturated heterocycles. The molecule has 18 heavy (non-hydrogen) atoms. The van der Waals surface area contributed by atoms with E-state index in [4.69, 9.17) is 5.73 Å². The minimum absolute atomic E-state index is 0.470. The highest BCUT2D eigenvalue weighted by molar-refractivity contribution is 5.98. The third-order valence-electron chi connectivity index (χ3n) is 3.39. The van der Waals surface area contributed by atoms with Gasteiger partial charge in [0, 0.05) is 13.2 Å². The Morgan fingerprint density at radius 3 is 2.94 bits per heavy atom. The van der Waals surface area contributed by atoms with Crippen molar-refractivity contribution in [3.05, 3.63) is 12.3 Å². The molecular weight excluding hydrogens is 230 g/mol. The second-order valence-electron chi connectivity index (χ2n) is 4.70. The molecule has 0 amide bonds. The Labute approximate surface area is 103 Å². The molecule has 92 valence electrons. The van der Waals surface area contributed by atoms with Crippen LogP contribution in [0, 0.1) is 0 Å². The number of hydrogen-bond acceptors (Lipinski definition) is 4. The van der Waals surface area contributed by atoms with Gasteiger partial charge in [0.1, 0.15) is 11.5 Å². The van der Waals surface area contributed by atoms with Crippen molar-refractivity contribution in [3.8, 4) is 11.4 Å². The minimum atomic E-state index is 0.470. The predicted octanol–water partition coefficient (Wildman–Crippen LogP) is 1.08. The molecule has 1 fully saturated rings. The second-order valence-corrected chi connectivity index (χ2v) is 4.70. The molecule has 0 unspecified atom stereocenters. The summed E-state index contributed by atoms with van der Waals surface area (Å²) in [5.41, 5.74) is 8.61. The predicted molar refractivity (Wildman–Crippen MR) is 66.8 cm³/mol. The number of nitrogens with zero attached hydrogens (tertiary/aromatic N) is 5. The van der Waals surface area contributed by atoms with Gasteiger partial charge in [0.15, 0.2) is 5.65 Å². The van der Waals surface area contributed by atoms with Crippen LogP contribution in [0.15, 0.2) is 12.3 Å². The Morgan fingerprint density at radius 2 is 2.28 bits per heavy atom.